The molecule has 2 N–H and O–H groups in total. The summed E-state index contributed by atoms with van der Waals surface area (Å²) in [5.74, 6) is -0.466. The van der Waals surface area contributed by atoms with Crippen LogP contribution in [0.15, 0.2) is 12.0 Å². The van der Waals surface area contributed by atoms with Gasteiger partial charge in [-0.3, -0.25) is 10.1 Å². The smallest absolute Gasteiger partial charge is 0.326 e. The van der Waals surface area contributed by atoms with Gasteiger partial charge in [0.1, 0.15) is 12.0 Å². The Morgan fingerprint density at radius 3 is 2.50 bits per heavy atom. The van der Waals surface area contributed by atoms with Crippen LogP contribution in [0.25, 0.3) is 0 Å². The molecule has 1 fully saturated rings. The number of amides is 3. The highest BCUT2D eigenvalue weighted by molar-refractivity contribution is 6.11. The summed E-state index contributed by atoms with van der Waals surface area (Å²) in [4.78, 5) is 21.0. The molecule has 0 radical (unpaired) electrons. The maximum atomic E-state index is 10.6. The Morgan fingerprint density at radius 2 is 2.10 bits per heavy atom. The summed E-state index contributed by atoms with van der Waals surface area (Å²) in [7, 11) is 1.39. The zero-order valence-corrected chi connectivity index (χ0v) is 5.30. The van der Waals surface area contributed by atoms with Crippen molar-refractivity contribution in [2.24, 2.45) is 0 Å². The standard InChI is InChI=1S/C5H6N2O3/c1-10-2-3-4(8)7-5(9)6-3/h2H,1H3,(H2,6,7,8,9)/b3-2+. The summed E-state index contributed by atoms with van der Waals surface area (Å²) in [5.41, 5.74) is 0.132. The Bertz CT molecular complexity index is 209. The molecule has 3 amide bonds. The van der Waals surface area contributed by atoms with Crippen molar-refractivity contribution in [3.63, 3.8) is 0 Å². The van der Waals surface area contributed by atoms with Gasteiger partial charge in [-0.1, -0.05) is 0 Å². The van der Waals surface area contributed by atoms with Gasteiger partial charge in [0.05, 0.1) is 7.11 Å². The van der Waals surface area contributed by atoms with Gasteiger partial charge in [0.25, 0.3) is 5.91 Å². The van der Waals surface area contributed by atoms with Crippen LogP contribution in [0.3, 0.4) is 0 Å². The summed E-state index contributed by atoms with van der Waals surface area (Å²) >= 11 is 0. The number of nitrogens with one attached hydrogen (secondary N) is 2. The number of hydrogen-bond donors (Lipinski definition) is 2. The van der Waals surface area contributed by atoms with Gasteiger partial charge in [-0.15, -0.1) is 0 Å². The predicted molar refractivity (Wildman–Crippen MR) is 31.8 cm³/mol. The van der Waals surface area contributed by atoms with Gasteiger partial charge < -0.3 is 10.1 Å². The second-order valence-electron chi connectivity index (χ2n) is 1.68. The van der Waals surface area contributed by atoms with Crippen LogP contribution >= 0.6 is 0 Å². The van der Waals surface area contributed by atoms with Crippen LogP contribution in [0, 0.1) is 0 Å². The molecule has 0 aromatic rings. The first-order chi connectivity index (χ1) is 4.74. The Labute approximate surface area is 57.0 Å². The number of carbonyl (C=O) groups is 2. The van der Waals surface area contributed by atoms with Gasteiger partial charge >= 0.3 is 6.03 Å². The van der Waals surface area contributed by atoms with Crippen molar-refractivity contribution < 1.29 is 14.3 Å². The lowest BCUT2D eigenvalue weighted by molar-refractivity contribution is -0.115. The summed E-state index contributed by atoms with van der Waals surface area (Å²) in [6.45, 7) is 0. The van der Waals surface area contributed by atoms with Gasteiger partial charge in [0.2, 0.25) is 0 Å². The highest BCUT2D eigenvalue weighted by atomic mass is 16.5. The third-order valence-corrected chi connectivity index (χ3v) is 0.956. The topological polar surface area (TPSA) is 67.4 Å². The largest absolute Gasteiger partial charge is 0.502 e. The molecule has 5 heteroatoms. The first-order valence-corrected chi connectivity index (χ1v) is 2.59. The molecule has 54 valence electrons. The lowest BCUT2D eigenvalue weighted by Crippen LogP contribution is -2.22. The van der Waals surface area contributed by atoms with E-state index in [-0.39, 0.29) is 5.70 Å². The second kappa shape index (κ2) is 2.38. The van der Waals surface area contributed by atoms with Crippen molar-refractivity contribution in [2.75, 3.05) is 7.11 Å². The van der Waals surface area contributed by atoms with Crippen LogP contribution < -0.4 is 10.6 Å². The molecule has 0 saturated carbocycles. The monoisotopic (exact) mass is 142 g/mol. The van der Waals surface area contributed by atoms with Crippen LogP contribution in [0.2, 0.25) is 0 Å². The van der Waals surface area contributed by atoms with Crippen LogP contribution in [0.5, 0.6) is 0 Å². The van der Waals surface area contributed by atoms with E-state index in [1.165, 1.54) is 13.4 Å². The van der Waals surface area contributed by atoms with Crippen molar-refractivity contribution in [1.82, 2.24) is 10.6 Å². The van der Waals surface area contributed by atoms with Crippen molar-refractivity contribution in [1.29, 1.82) is 0 Å². The fraction of sp³-hybridized carbons (Fsp3) is 0.200. The Morgan fingerprint density at radius 1 is 1.40 bits per heavy atom. The minimum absolute atomic E-state index is 0.132. The van der Waals surface area contributed by atoms with Gasteiger partial charge in [-0.05, 0) is 0 Å². The second-order valence-corrected chi connectivity index (χ2v) is 1.68. The lowest BCUT2D eigenvalue weighted by Gasteiger charge is -1.90. The molecule has 0 aromatic heterocycles. The number of carbonyl (C=O) groups excluding carboxylic acids is 2. The van der Waals surface area contributed by atoms with Crippen LogP contribution in [0.4, 0.5) is 4.79 Å². The lowest BCUT2D eigenvalue weighted by atomic mass is 10.5. The average Bonchev–Trinajstić information content (AvgIpc) is 2.13. The molecule has 1 aliphatic heterocycles. The molecule has 0 atom stereocenters. The van der Waals surface area contributed by atoms with Crippen LogP contribution in [-0.2, 0) is 9.53 Å². The van der Waals surface area contributed by atoms with Gasteiger partial charge in [0.15, 0.2) is 0 Å². The number of hydrogen-bond acceptors (Lipinski definition) is 3. The molecular weight excluding hydrogens is 136 g/mol. The van der Waals surface area contributed by atoms with E-state index >= 15 is 0 Å². The van der Waals surface area contributed by atoms with E-state index in [4.69, 9.17) is 0 Å². The average molecular weight is 142 g/mol. The number of methoxy groups -OCH3 is 1. The third kappa shape index (κ3) is 1.07. The van der Waals surface area contributed by atoms with E-state index in [1.54, 1.807) is 0 Å². The highest BCUT2D eigenvalue weighted by Gasteiger charge is 2.22. The van der Waals surface area contributed by atoms with Gasteiger partial charge in [0, 0.05) is 0 Å². The van der Waals surface area contributed by atoms with Crippen LogP contribution in [0.1, 0.15) is 0 Å². The molecule has 1 heterocycles. The van der Waals surface area contributed by atoms with Crippen LogP contribution in [-0.4, -0.2) is 19.0 Å². The number of rotatable bonds is 1. The maximum absolute atomic E-state index is 10.6. The molecule has 10 heavy (non-hydrogen) atoms. The van der Waals surface area contributed by atoms with Gasteiger partial charge in [-0.25, -0.2) is 4.79 Å². The molecule has 0 spiro atoms. The molecule has 1 saturated heterocycles. The molecule has 0 bridgehead atoms. The van der Waals surface area contributed by atoms with E-state index in [1.807, 2.05) is 5.32 Å². The predicted octanol–water partition coefficient (Wildman–Crippen LogP) is -0.686. The fourth-order valence-electron chi connectivity index (χ4n) is 0.582. The first kappa shape index (κ1) is 6.60. The summed E-state index contributed by atoms with van der Waals surface area (Å²) in [5, 5.41) is 4.26. The minimum atomic E-state index is -0.520. The van der Waals surface area contributed by atoms with E-state index < -0.39 is 11.9 Å². The van der Waals surface area contributed by atoms with E-state index in [0.29, 0.717) is 0 Å². The van der Waals surface area contributed by atoms with E-state index in [0.717, 1.165) is 0 Å². The molecule has 0 aliphatic carbocycles. The Kier molecular flexibility index (Phi) is 1.57. The quantitative estimate of drug-likeness (QED) is 0.289. The Balaban J connectivity index is 2.72. The summed E-state index contributed by atoms with van der Waals surface area (Å²) in [6.07, 6.45) is 1.17. The third-order valence-electron chi connectivity index (χ3n) is 0.956. The summed E-state index contributed by atoms with van der Waals surface area (Å²) < 4.78 is 4.51. The zero-order valence-electron chi connectivity index (χ0n) is 5.30. The molecule has 1 aliphatic rings. The molecule has 0 aromatic carbocycles. The SMILES string of the molecule is CO/C=C1/NC(=O)NC1=O. The van der Waals surface area contributed by atoms with Crippen molar-refractivity contribution in [2.45, 2.75) is 0 Å². The molecule has 0 unspecified atom stereocenters. The number of imide groups is 1. The molecule has 5 nitrogen and oxygen atoms in total. The van der Waals surface area contributed by atoms with Crippen molar-refractivity contribution in [3.8, 4) is 0 Å². The van der Waals surface area contributed by atoms with Gasteiger partial charge in [-0.2, -0.15) is 0 Å². The minimum Gasteiger partial charge on any atom is -0.502 e. The molecular formula is C5H6N2O3. The number of urea groups is 1. The first-order valence-electron chi connectivity index (χ1n) is 2.59. The normalized spacial score (nSPS) is 20.7. The zero-order chi connectivity index (χ0) is 7.56. The number of ether oxygens (including phenoxy) is 1. The van der Waals surface area contributed by atoms with Crippen molar-refractivity contribution >= 4 is 11.9 Å². The highest BCUT2D eigenvalue weighted by Crippen LogP contribution is 1.95. The van der Waals surface area contributed by atoms with E-state index in [9.17, 15) is 9.59 Å². The molecule has 1 rings (SSSR count). The van der Waals surface area contributed by atoms with Crippen molar-refractivity contribution in [3.05, 3.63) is 12.0 Å². The fourth-order valence-corrected chi connectivity index (χ4v) is 0.582. The maximum Gasteiger partial charge on any atom is 0.326 e. The van der Waals surface area contributed by atoms with E-state index in [2.05, 4.69) is 10.1 Å². The Hall–Kier alpha value is -1.52. The summed E-state index contributed by atoms with van der Waals surface area (Å²) in [6, 6.07) is -0.520.